The molecule has 0 atom stereocenters. The normalized spacial score (nSPS) is 18.8. The number of rotatable bonds is 5. The summed E-state index contributed by atoms with van der Waals surface area (Å²) in [5.41, 5.74) is 0.965. The van der Waals surface area contributed by atoms with Gasteiger partial charge in [-0.15, -0.1) is 0 Å². The van der Waals surface area contributed by atoms with Gasteiger partial charge in [0.2, 0.25) is 26.6 Å². The van der Waals surface area contributed by atoms with Gasteiger partial charge in [0.15, 0.2) is 0 Å². The molecule has 30 heavy (non-hydrogen) atoms. The lowest BCUT2D eigenvalue weighted by molar-refractivity contribution is -0.122. The second-order valence-electron chi connectivity index (χ2n) is 7.10. The highest BCUT2D eigenvalue weighted by molar-refractivity contribution is 8.26. The van der Waals surface area contributed by atoms with E-state index in [0.717, 1.165) is 30.2 Å². The average molecular weight is 464 g/mol. The predicted octanol–water partition coefficient (Wildman–Crippen LogP) is 3.64. The van der Waals surface area contributed by atoms with Crippen molar-refractivity contribution in [3.63, 3.8) is 0 Å². The molecule has 2 aliphatic heterocycles. The van der Waals surface area contributed by atoms with Crippen LogP contribution in [0.2, 0.25) is 0 Å². The van der Waals surface area contributed by atoms with Crippen molar-refractivity contribution in [1.29, 1.82) is 0 Å². The zero-order valence-corrected chi connectivity index (χ0v) is 19.1. The lowest BCUT2D eigenvalue weighted by atomic mass is 10.2. The molecule has 0 bridgehead atoms. The minimum atomic E-state index is -3.88. The number of carbonyl (C=O) groups is 1. The van der Waals surface area contributed by atoms with Gasteiger partial charge in [-0.05, 0) is 38.8 Å². The molecule has 2 saturated heterocycles. The van der Waals surface area contributed by atoms with Crippen molar-refractivity contribution >= 4 is 56.0 Å². The van der Waals surface area contributed by atoms with Crippen molar-refractivity contribution in [2.24, 2.45) is 0 Å². The number of thioether (sulfide) groups is 1. The van der Waals surface area contributed by atoms with Crippen LogP contribution in [0.5, 0.6) is 0 Å². The number of thiocarbonyl (C=S) groups is 1. The Bertz CT molecular complexity index is 1130. The van der Waals surface area contributed by atoms with E-state index >= 15 is 0 Å². The van der Waals surface area contributed by atoms with Crippen LogP contribution in [-0.4, -0.2) is 48.2 Å². The number of amides is 1. The zero-order valence-electron chi connectivity index (χ0n) is 16.6. The fourth-order valence-corrected chi connectivity index (χ4v) is 6.06. The number of nitrogens with zero attached hydrogens (tertiary/aromatic N) is 3. The molecule has 7 nitrogen and oxygen atoms in total. The van der Waals surface area contributed by atoms with Crippen molar-refractivity contribution < 1.29 is 17.6 Å². The van der Waals surface area contributed by atoms with Crippen molar-refractivity contribution in [2.45, 2.75) is 36.6 Å². The first-order valence-electron chi connectivity index (χ1n) is 9.64. The third kappa shape index (κ3) is 3.79. The number of carbonyl (C=O) groups excluding carboxylic acids is 1. The van der Waals surface area contributed by atoms with E-state index in [-0.39, 0.29) is 27.6 Å². The molecule has 10 heteroatoms. The Kier molecular flexibility index (Phi) is 5.73. The Balaban J connectivity index is 1.78. The van der Waals surface area contributed by atoms with E-state index in [1.165, 1.54) is 11.0 Å². The number of oxazole rings is 1. The van der Waals surface area contributed by atoms with E-state index in [9.17, 15) is 13.2 Å². The smallest absolute Gasteiger partial charge is 0.266 e. The summed E-state index contributed by atoms with van der Waals surface area (Å²) in [5, 5.41) is -0.120. The second kappa shape index (κ2) is 8.16. The van der Waals surface area contributed by atoms with Crippen LogP contribution in [0.1, 0.15) is 31.2 Å². The van der Waals surface area contributed by atoms with Crippen LogP contribution in [0.15, 0.2) is 43.5 Å². The molecule has 1 aromatic carbocycles. The molecule has 1 amide bonds. The average Bonchev–Trinajstić information content (AvgIpc) is 3.43. The fraction of sp³-hybridized carbons (Fsp3) is 0.350. The number of sulfone groups is 1. The Morgan fingerprint density at radius 3 is 2.50 bits per heavy atom. The van der Waals surface area contributed by atoms with E-state index in [2.05, 4.69) is 4.98 Å². The maximum atomic E-state index is 13.3. The molecular weight excluding hydrogens is 442 g/mol. The summed E-state index contributed by atoms with van der Waals surface area (Å²) in [6.45, 7) is 5.61. The van der Waals surface area contributed by atoms with Gasteiger partial charge in [-0.25, -0.2) is 8.42 Å². The Labute approximate surface area is 185 Å². The second-order valence-corrected chi connectivity index (χ2v) is 10.6. The van der Waals surface area contributed by atoms with Gasteiger partial charge >= 0.3 is 0 Å². The lowest BCUT2D eigenvalue weighted by Crippen LogP contribution is -2.27. The monoisotopic (exact) mass is 463 g/mol. The van der Waals surface area contributed by atoms with E-state index < -0.39 is 9.84 Å². The highest BCUT2D eigenvalue weighted by Gasteiger charge is 2.34. The van der Waals surface area contributed by atoms with E-state index in [1.807, 2.05) is 18.7 Å². The number of anilines is 1. The van der Waals surface area contributed by atoms with Crippen LogP contribution in [0.4, 0.5) is 5.88 Å². The van der Waals surface area contributed by atoms with Crippen LogP contribution in [-0.2, 0) is 14.6 Å². The molecule has 2 aliphatic rings. The molecule has 0 spiro atoms. The Morgan fingerprint density at radius 2 is 1.90 bits per heavy atom. The number of likely N-dealkylation sites (N-methyl/N-ethyl adjacent to an activating group) is 1. The molecule has 0 radical (unpaired) electrons. The molecule has 4 rings (SSSR count). The van der Waals surface area contributed by atoms with Crippen LogP contribution >= 0.6 is 24.0 Å². The first kappa shape index (κ1) is 21.1. The van der Waals surface area contributed by atoms with Crippen molar-refractivity contribution in [2.75, 3.05) is 24.5 Å². The number of aryl methyl sites for hydroxylation is 1. The van der Waals surface area contributed by atoms with Crippen molar-refractivity contribution in [3.05, 3.63) is 40.6 Å². The molecule has 1 aromatic heterocycles. The standard InChI is InChI=1S/C20H21N3O4S3/c1-3-23-18(24)15(29-20(23)28)12-16-21-17(19(27-16)22-10-4-5-11-22)30(25,26)14-8-6-13(2)7-9-14/h6-9,12H,3-5,10-11H2,1-2H3. The topological polar surface area (TPSA) is 83.7 Å². The van der Waals surface area contributed by atoms with Gasteiger partial charge in [-0.3, -0.25) is 9.69 Å². The van der Waals surface area contributed by atoms with Gasteiger partial charge in [-0.1, -0.05) is 41.7 Å². The van der Waals surface area contributed by atoms with Gasteiger partial charge in [-0.2, -0.15) is 4.98 Å². The summed E-state index contributed by atoms with van der Waals surface area (Å²) < 4.78 is 33.0. The maximum Gasteiger partial charge on any atom is 0.266 e. The van der Waals surface area contributed by atoms with Crippen LogP contribution in [0.3, 0.4) is 0 Å². The quantitative estimate of drug-likeness (QED) is 0.491. The fourth-order valence-electron chi connectivity index (χ4n) is 3.38. The van der Waals surface area contributed by atoms with Gasteiger partial charge < -0.3 is 9.32 Å². The molecule has 0 saturated carbocycles. The number of hydrogen-bond donors (Lipinski definition) is 0. The summed E-state index contributed by atoms with van der Waals surface area (Å²) in [6.07, 6.45) is 3.38. The summed E-state index contributed by atoms with van der Waals surface area (Å²) in [4.78, 5) is 20.7. The predicted molar refractivity (Wildman–Crippen MR) is 120 cm³/mol. The molecular formula is C20H21N3O4S3. The third-order valence-corrected chi connectivity index (χ3v) is 8.06. The number of hydrogen-bond acceptors (Lipinski definition) is 8. The van der Waals surface area contributed by atoms with E-state index in [4.69, 9.17) is 16.6 Å². The maximum absolute atomic E-state index is 13.3. The van der Waals surface area contributed by atoms with Gasteiger partial charge in [0, 0.05) is 25.7 Å². The summed E-state index contributed by atoms with van der Waals surface area (Å²) in [5.74, 6) is 0.0841. The molecule has 0 aliphatic carbocycles. The lowest BCUT2D eigenvalue weighted by Gasteiger charge is -2.14. The van der Waals surface area contributed by atoms with Crippen LogP contribution < -0.4 is 4.90 Å². The summed E-state index contributed by atoms with van der Waals surface area (Å²) in [7, 11) is -3.88. The van der Waals surface area contributed by atoms with E-state index in [0.29, 0.717) is 28.9 Å². The highest BCUT2D eigenvalue weighted by atomic mass is 32.2. The third-order valence-electron chi connectivity index (χ3n) is 5.02. The van der Waals surface area contributed by atoms with Crippen LogP contribution in [0.25, 0.3) is 6.08 Å². The SMILES string of the molecule is CCN1C(=O)C(=Cc2nc(S(=O)(=O)c3ccc(C)cc3)c(N3CCCC3)o2)SC1=S. The first-order valence-corrected chi connectivity index (χ1v) is 12.3. The molecule has 0 N–H and O–H groups in total. The molecule has 2 fully saturated rings. The van der Waals surface area contributed by atoms with Gasteiger partial charge in [0.1, 0.15) is 4.32 Å². The van der Waals surface area contributed by atoms with Crippen molar-refractivity contribution in [1.82, 2.24) is 9.88 Å². The van der Waals surface area contributed by atoms with E-state index in [1.54, 1.807) is 24.3 Å². The summed E-state index contributed by atoms with van der Waals surface area (Å²) in [6, 6.07) is 6.64. The highest BCUT2D eigenvalue weighted by Crippen LogP contribution is 2.36. The van der Waals surface area contributed by atoms with Gasteiger partial charge in [0.25, 0.3) is 5.91 Å². The van der Waals surface area contributed by atoms with Crippen LogP contribution in [0, 0.1) is 6.92 Å². The minimum Gasteiger partial charge on any atom is -0.420 e. The number of benzene rings is 1. The summed E-state index contributed by atoms with van der Waals surface area (Å²) >= 11 is 6.39. The van der Waals surface area contributed by atoms with Gasteiger partial charge in [0.05, 0.1) is 9.80 Å². The van der Waals surface area contributed by atoms with Crippen molar-refractivity contribution in [3.8, 4) is 0 Å². The number of aromatic nitrogens is 1. The molecule has 2 aromatic rings. The minimum absolute atomic E-state index is 0.0826. The zero-order chi connectivity index (χ0) is 21.5. The Morgan fingerprint density at radius 1 is 1.23 bits per heavy atom. The molecule has 3 heterocycles. The molecule has 0 unspecified atom stereocenters. The first-order chi connectivity index (χ1) is 14.3. The molecule has 158 valence electrons. The largest absolute Gasteiger partial charge is 0.420 e. The Hall–Kier alpha value is -2.17.